The molecule has 0 unspecified atom stereocenters. The van der Waals surface area contributed by atoms with Crippen molar-refractivity contribution in [3.63, 3.8) is 0 Å². The summed E-state index contributed by atoms with van der Waals surface area (Å²) in [7, 11) is 0. The maximum Gasteiger partial charge on any atom is 0.0701 e. The van der Waals surface area contributed by atoms with Gasteiger partial charge in [0.2, 0.25) is 0 Å². The molecule has 0 aromatic heterocycles. The third kappa shape index (κ3) is 22.2. The summed E-state index contributed by atoms with van der Waals surface area (Å²) in [6, 6.07) is 0. The second-order valence-corrected chi connectivity index (χ2v) is 6.27. The largest absolute Gasteiger partial charge is 0.394 e. The van der Waals surface area contributed by atoms with E-state index in [0.717, 1.165) is 18.8 Å². The van der Waals surface area contributed by atoms with Gasteiger partial charge >= 0.3 is 0 Å². The van der Waals surface area contributed by atoms with Crippen molar-refractivity contribution in [1.82, 2.24) is 0 Å². The third-order valence-corrected chi connectivity index (χ3v) is 3.99. The molecule has 0 bridgehead atoms. The van der Waals surface area contributed by atoms with Crippen molar-refractivity contribution in [3.8, 4) is 0 Å². The smallest absolute Gasteiger partial charge is 0.0701 e. The lowest BCUT2D eigenvalue weighted by molar-refractivity contribution is 0.00719. The number of ether oxygens (including phenoxy) is 3. The molecule has 0 spiro atoms. The molecule has 0 saturated carbocycles. The fraction of sp³-hybridized carbons (Fsp3) is 1.00. The molecule has 0 heterocycles. The second-order valence-electron chi connectivity index (χ2n) is 5.82. The monoisotopic (exact) mass is 350 g/mol. The van der Waals surface area contributed by atoms with Crippen LogP contribution in [0.2, 0.25) is 0 Å². The number of rotatable bonds is 20. The van der Waals surface area contributed by atoms with Gasteiger partial charge in [-0.15, -0.1) is 0 Å². The molecule has 4 nitrogen and oxygen atoms in total. The second kappa shape index (κ2) is 22.2. The zero-order chi connectivity index (χ0) is 16.8. The predicted molar refractivity (Wildman–Crippen MR) is 99.6 cm³/mol. The van der Waals surface area contributed by atoms with E-state index in [0.29, 0.717) is 33.0 Å². The highest BCUT2D eigenvalue weighted by Crippen LogP contribution is 2.10. The highest BCUT2D eigenvalue weighted by Gasteiger charge is 1.94. The van der Waals surface area contributed by atoms with Crippen LogP contribution in [0.15, 0.2) is 0 Å². The predicted octanol–water partition coefficient (Wildman–Crippen LogP) is 3.86. The van der Waals surface area contributed by atoms with E-state index in [1.807, 2.05) is 0 Å². The average molecular weight is 351 g/mol. The van der Waals surface area contributed by atoms with E-state index in [4.69, 9.17) is 19.3 Å². The van der Waals surface area contributed by atoms with E-state index in [9.17, 15) is 0 Å². The fourth-order valence-electron chi connectivity index (χ4n) is 2.34. The van der Waals surface area contributed by atoms with E-state index >= 15 is 0 Å². The zero-order valence-corrected chi connectivity index (χ0v) is 15.7. The number of thiol groups is 1. The van der Waals surface area contributed by atoms with Crippen molar-refractivity contribution in [2.24, 2.45) is 0 Å². The summed E-state index contributed by atoms with van der Waals surface area (Å²) in [6.07, 6.45) is 13.3. The average Bonchev–Trinajstić information content (AvgIpc) is 2.57. The maximum absolute atomic E-state index is 8.52. The first-order valence-electron chi connectivity index (χ1n) is 9.36. The molecule has 0 rings (SSSR count). The lowest BCUT2D eigenvalue weighted by atomic mass is 10.1. The van der Waals surface area contributed by atoms with Crippen molar-refractivity contribution in [1.29, 1.82) is 0 Å². The van der Waals surface area contributed by atoms with Crippen LogP contribution in [-0.2, 0) is 14.2 Å². The number of unbranched alkanes of at least 4 members (excludes halogenated alkanes) is 9. The lowest BCUT2D eigenvalue weighted by Gasteiger charge is -2.06. The Hall–Kier alpha value is 0.190. The Labute approximate surface area is 148 Å². The van der Waals surface area contributed by atoms with Crippen LogP contribution in [0.25, 0.3) is 0 Å². The number of aliphatic hydroxyl groups is 1. The zero-order valence-electron chi connectivity index (χ0n) is 14.8. The molecule has 0 aromatic rings. The van der Waals surface area contributed by atoms with Gasteiger partial charge in [-0.05, 0) is 18.6 Å². The Morgan fingerprint density at radius 1 is 0.478 bits per heavy atom. The molecule has 0 radical (unpaired) electrons. The van der Waals surface area contributed by atoms with Crippen LogP contribution in [-0.4, -0.2) is 57.1 Å². The molecule has 0 aliphatic carbocycles. The molecule has 140 valence electrons. The van der Waals surface area contributed by atoms with Crippen LogP contribution in [0, 0.1) is 0 Å². The molecule has 0 atom stereocenters. The SMILES string of the molecule is OCCOCCOCCOCCCCCCCCCCCCS. The number of aliphatic hydroxyl groups excluding tert-OH is 1. The van der Waals surface area contributed by atoms with Gasteiger partial charge in [-0.2, -0.15) is 12.6 Å². The van der Waals surface area contributed by atoms with E-state index in [1.54, 1.807) is 0 Å². The summed E-state index contributed by atoms with van der Waals surface area (Å²) in [5.41, 5.74) is 0. The van der Waals surface area contributed by atoms with Crippen molar-refractivity contribution < 1.29 is 19.3 Å². The molecular formula is C18H38O4S. The van der Waals surface area contributed by atoms with Crippen LogP contribution in [0.4, 0.5) is 0 Å². The summed E-state index contributed by atoms with van der Waals surface area (Å²) < 4.78 is 16.0. The van der Waals surface area contributed by atoms with Crippen LogP contribution >= 0.6 is 12.6 Å². The first kappa shape index (κ1) is 23.2. The quantitative estimate of drug-likeness (QED) is 0.259. The molecule has 0 aliphatic rings. The minimum absolute atomic E-state index is 0.0690. The summed E-state index contributed by atoms with van der Waals surface area (Å²) in [4.78, 5) is 0. The van der Waals surface area contributed by atoms with Gasteiger partial charge in [-0.1, -0.05) is 51.4 Å². The van der Waals surface area contributed by atoms with Gasteiger partial charge in [0.25, 0.3) is 0 Å². The van der Waals surface area contributed by atoms with Crippen LogP contribution in [0.3, 0.4) is 0 Å². The van der Waals surface area contributed by atoms with Gasteiger partial charge in [-0.3, -0.25) is 0 Å². The molecule has 0 saturated heterocycles. The Kier molecular flexibility index (Phi) is 22.4. The third-order valence-electron chi connectivity index (χ3n) is 3.68. The van der Waals surface area contributed by atoms with Crippen molar-refractivity contribution in [2.45, 2.75) is 64.2 Å². The Bertz CT molecular complexity index is 185. The van der Waals surface area contributed by atoms with Gasteiger partial charge in [0, 0.05) is 6.61 Å². The molecular weight excluding hydrogens is 312 g/mol. The van der Waals surface area contributed by atoms with Gasteiger partial charge in [0.15, 0.2) is 0 Å². The molecule has 23 heavy (non-hydrogen) atoms. The van der Waals surface area contributed by atoms with Crippen molar-refractivity contribution in [3.05, 3.63) is 0 Å². The van der Waals surface area contributed by atoms with E-state index in [2.05, 4.69) is 12.6 Å². The Morgan fingerprint density at radius 2 is 0.870 bits per heavy atom. The van der Waals surface area contributed by atoms with Crippen molar-refractivity contribution in [2.75, 3.05) is 52.0 Å². The molecule has 0 amide bonds. The lowest BCUT2D eigenvalue weighted by Crippen LogP contribution is -2.11. The summed E-state index contributed by atoms with van der Waals surface area (Å²) in [5, 5.41) is 8.52. The molecule has 0 aliphatic heterocycles. The Balaban J connectivity index is 2.92. The van der Waals surface area contributed by atoms with E-state index < -0.39 is 0 Å². The molecule has 1 N–H and O–H groups in total. The van der Waals surface area contributed by atoms with Gasteiger partial charge in [-0.25, -0.2) is 0 Å². The first-order chi connectivity index (χ1) is 11.4. The summed E-state index contributed by atoms with van der Waals surface area (Å²) in [5.74, 6) is 1.03. The fourth-order valence-corrected chi connectivity index (χ4v) is 2.56. The molecule has 5 heteroatoms. The topological polar surface area (TPSA) is 47.9 Å². The highest BCUT2D eigenvalue weighted by atomic mass is 32.1. The van der Waals surface area contributed by atoms with Crippen molar-refractivity contribution >= 4 is 12.6 Å². The minimum Gasteiger partial charge on any atom is -0.394 e. The maximum atomic E-state index is 8.52. The normalized spacial score (nSPS) is 11.2. The van der Waals surface area contributed by atoms with Crippen LogP contribution in [0.5, 0.6) is 0 Å². The van der Waals surface area contributed by atoms with Crippen LogP contribution in [0.1, 0.15) is 64.2 Å². The first-order valence-corrected chi connectivity index (χ1v) is 10.00. The van der Waals surface area contributed by atoms with Gasteiger partial charge < -0.3 is 19.3 Å². The number of hydrogen-bond donors (Lipinski definition) is 2. The number of hydrogen-bond acceptors (Lipinski definition) is 5. The minimum atomic E-state index is 0.0690. The van der Waals surface area contributed by atoms with Gasteiger partial charge in [0.05, 0.1) is 39.6 Å². The summed E-state index contributed by atoms with van der Waals surface area (Å²) >= 11 is 4.23. The van der Waals surface area contributed by atoms with E-state index in [1.165, 1.54) is 57.8 Å². The van der Waals surface area contributed by atoms with Crippen LogP contribution < -0.4 is 0 Å². The highest BCUT2D eigenvalue weighted by molar-refractivity contribution is 7.80. The standard InChI is InChI=1S/C18H38O4S/c19-11-13-21-15-17-22-16-14-20-12-9-7-5-3-1-2-4-6-8-10-18-23/h19,23H,1-18H2. The molecule has 0 aromatic carbocycles. The Morgan fingerprint density at radius 3 is 1.35 bits per heavy atom. The van der Waals surface area contributed by atoms with Gasteiger partial charge in [0.1, 0.15) is 0 Å². The summed E-state index contributed by atoms with van der Waals surface area (Å²) in [6.45, 7) is 3.68. The molecule has 0 fully saturated rings. The van der Waals surface area contributed by atoms with E-state index in [-0.39, 0.29) is 6.61 Å².